The molecule has 2 aromatic rings. The molecule has 218 valence electrons. The normalized spacial score (nSPS) is 22.5. The van der Waals surface area contributed by atoms with E-state index in [0.29, 0.717) is 25.9 Å². The smallest absolute Gasteiger partial charge is 0.449 e. The molecule has 2 saturated heterocycles. The van der Waals surface area contributed by atoms with Crippen molar-refractivity contribution >= 4 is 28.8 Å². The van der Waals surface area contributed by atoms with E-state index in [1.54, 1.807) is 20.8 Å². The van der Waals surface area contributed by atoms with Crippen LogP contribution in [0.4, 0.5) is 28.4 Å². The second-order valence-corrected chi connectivity index (χ2v) is 11.3. The zero-order valence-electron chi connectivity index (χ0n) is 22.2. The molecule has 2 N–H and O–H groups in total. The van der Waals surface area contributed by atoms with Gasteiger partial charge in [-0.05, 0) is 46.1 Å². The van der Waals surface area contributed by atoms with Crippen molar-refractivity contribution in [2.75, 3.05) is 31.1 Å². The number of ether oxygens (including phenoxy) is 4. The van der Waals surface area contributed by atoms with Crippen molar-refractivity contribution in [1.82, 2.24) is 9.88 Å². The SMILES string of the molecule is CC(C)(C)OC(=O)NCC12CN(c3c(F)cc4c(=O)c(OC(=O)O)cn(C5CC5)c4c3OC(F)F)C[C@H]1CCO2. The highest BCUT2D eigenvalue weighted by Gasteiger charge is 2.52. The van der Waals surface area contributed by atoms with Gasteiger partial charge in [0.15, 0.2) is 17.3 Å². The molecule has 1 aromatic heterocycles. The Hall–Kier alpha value is -3.68. The molecule has 40 heavy (non-hydrogen) atoms. The quantitative estimate of drug-likeness (QED) is 0.470. The van der Waals surface area contributed by atoms with Crippen LogP contribution >= 0.6 is 0 Å². The molecule has 1 amide bonds. The van der Waals surface area contributed by atoms with Crippen LogP contribution in [-0.2, 0) is 9.47 Å². The number of hydrogen-bond acceptors (Lipinski definition) is 8. The summed E-state index contributed by atoms with van der Waals surface area (Å²) >= 11 is 0. The number of fused-ring (bicyclic) bond motifs is 2. The number of pyridine rings is 1. The van der Waals surface area contributed by atoms with Gasteiger partial charge in [-0.3, -0.25) is 4.79 Å². The predicted molar refractivity (Wildman–Crippen MR) is 135 cm³/mol. The van der Waals surface area contributed by atoms with Crippen LogP contribution in [-0.4, -0.2) is 66.0 Å². The summed E-state index contributed by atoms with van der Waals surface area (Å²) in [4.78, 5) is 38.0. The maximum Gasteiger partial charge on any atom is 0.511 e. The number of carbonyl (C=O) groups excluding carboxylic acids is 1. The number of alkyl halides is 2. The van der Waals surface area contributed by atoms with Gasteiger partial charge in [0, 0.05) is 31.7 Å². The molecule has 0 spiro atoms. The number of carboxylic acid groups (broad SMARTS) is 1. The Bertz CT molecular complexity index is 1400. The molecule has 0 radical (unpaired) electrons. The molecule has 1 unspecified atom stereocenters. The number of carbonyl (C=O) groups is 2. The molecular weight excluding hydrogens is 539 g/mol. The van der Waals surface area contributed by atoms with Crippen molar-refractivity contribution in [2.45, 2.75) is 63.9 Å². The number of anilines is 1. The van der Waals surface area contributed by atoms with Gasteiger partial charge in [0.25, 0.3) is 0 Å². The van der Waals surface area contributed by atoms with Crippen LogP contribution in [0.1, 0.15) is 46.1 Å². The summed E-state index contributed by atoms with van der Waals surface area (Å²) in [6.45, 7) is 2.54. The van der Waals surface area contributed by atoms with Crippen LogP contribution in [0.15, 0.2) is 17.1 Å². The van der Waals surface area contributed by atoms with E-state index in [1.165, 1.54) is 9.47 Å². The molecule has 1 saturated carbocycles. The van der Waals surface area contributed by atoms with E-state index in [-0.39, 0.29) is 48.2 Å². The van der Waals surface area contributed by atoms with Crippen LogP contribution in [0.3, 0.4) is 0 Å². The lowest BCUT2D eigenvalue weighted by Crippen LogP contribution is -2.49. The highest BCUT2D eigenvalue weighted by atomic mass is 19.3. The maximum atomic E-state index is 15.8. The van der Waals surface area contributed by atoms with Gasteiger partial charge in [0.2, 0.25) is 5.43 Å². The largest absolute Gasteiger partial charge is 0.511 e. The van der Waals surface area contributed by atoms with Gasteiger partial charge in [-0.1, -0.05) is 0 Å². The average molecular weight is 570 g/mol. The third-order valence-electron chi connectivity index (χ3n) is 7.26. The summed E-state index contributed by atoms with van der Waals surface area (Å²) in [5.41, 5.74) is -2.99. The summed E-state index contributed by atoms with van der Waals surface area (Å²) in [5.74, 6) is -2.29. The van der Waals surface area contributed by atoms with E-state index in [9.17, 15) is 23.2 Å². The predicted octanol–water partition coefficient (Wildman–Crippen LogP) is 4.25. The van der Waals surface area contributed by atoms with Crippen molar-refractivity contribution in [1.29, 1.82) is 0 Å². The first-order valence-electron chi connectivity index (χ1n) is 12.9. The van der Waals surface area contributed by atoms with Gasteiger partial charge in [-0.25, -0.2) is 14.0 Å². The molecule has 3 fully saturated rings. The zero-order chi connectivity index (χ0) is 29.0. The molecule has 3 heterocycles. The number of nitrogens with one attached hydrogen (secondary N) is 1. The Morgan fingerprint density at radius 1 is 1.27 bits per heavy atom. The topological polar surface area (TPSA) is 129 Å². The van der Waals surface area contributed by atoms with Crippen LogP contribution in [0.25, 0.3) is 10.9 Å². The van der Waals surface area contributed by atoms with Gasteiger partial charge < -0.3 is 38.8 Å². The number of aromatic nitrogens is 1. The molecule has 1 aliphatic carbocycles. The fraction of sp³-hybridized carbons (Fsp3) is 0.577. The van der Waals surface area contributed by atoms with E-state index in [0.717, 1.165) is 12.3 Å². The molecule has 5 rings (SSSR count). The van der Waals surface area contributed by atoms with Crippen LogP contribution in [0, 0.1) is 11.7 Å². The number of alkyl carbamates (subject to hydrolysis) is 1. The molecule has 11 nitrogen and oxygen atoms in total. The number of rotatable bonds is 7. The van der Waals surface area contributed by atoms with E-state index < -0.39 is 52.8 Å². The summed E-state index contributed by atoms with van der Waals surface area (Å²) in [5, 5.41) is 11.4. The lowest BCUT2D eigenvalue weighted by Gasteiger charge is -2.30. The third kappa shape index (κ3) is 5.36. The standard InChI is InChI=1S/C26H30F3N3O8/c1-25(2,3)40-23(34)30-11-26-12-31(9-13(26)6-7-37-26)19-16(27)8-15-18(21(19)39-22(28)29)32(14-4-5-14)10-17(20(15)33)38-24(35)36/h8,10,13-14,22H,4-7,9,11-12H2,1-3H3,(H,30,34)(H,35,36)/t13-,26?/m1/s1. The second kappa shape index (κ2) is 10.1. The van der Waals surface area contributed by atoms with Crippen molar-refractivity contribution in [3.63, 3.8) is 0 Å². The number of hydrogen-bond donors (Lipinski definition) is 2. The number of amides is 1. The first-order chi connectivity index (χ1) is 18.8. The Balaban J connectivity index is 1.57. The minimum Gasteiger partial charge on any atom is -0.449 e. The molecule has 1 aromatic carbocycles. The van der Waals surface area contributed by atoms with Crippen molar-refractivity contribution in [3.05, 3.63) is 28.3 Å². The molecule has 3 aliphatic rings. The van der Waals surface area contributed by atoms with Gasteiger partial charge in [0.1, 0.15) is 16.9 Å². The maximum absolute atomic E-state index is 15.8. The van der Waals surface area contributed by atoms with Gasteiger partial charge >= 0.3 is 18.9 Å². The molecule has 0 bridgehead atoms. The summed E-state index contributed by atoms with van der Waals surface area (Å²) < 4.78 is 65.6. The number of benzene rings is 1. The van der Waals surface area contributed by atoms with Gasteiger partial charge in [-0.2, -0.15) is 8.78 Å². The van der Waals surface area contributed by atoms with Gasteiger partial charge in [-0.15, -0.1) is 0 Å². The molecule has 2 aliphatic heterocycles. The average Bonchev–Trinajstić information content (AvgIpc) is 3.50. The lowest BCUT2D eigenvalue weighted by atomic mass is 9.91. The molecule has 14 heteroatoms. The second-order valence-electron chi connectivity index (χ2n) is 11.3. The van der Waals surface area contributed by atoms with E-state index in [2.05, 4.69) is 10.1 Å². The minimum atomic E-state index is -3.34. The van der Waals surface area contributed by atoms with E-state index in [4.69, 9.17) is 19.3 Å². The van der Waals surface area contributed by atoms with Crippen LogP contribution in [0.5, 0.6) is 11.5 Å². The highest BCUT2D eigenvalue weighted by Crippen LogP contribution is 2.48. The lowest BCUT2D eigenvalue weighted by molar-refractivity contribution is -0.0488. The number of nitrogens with zero attached hydrogens (tertiary/aromatic N) is 2. The van der Waals surface area contributed by atoms with Crippen LogP contribution < -0.4 is 25.1 Å². The monoisotopic (exact) mass is 569 g/mol. The van der Waals surface area contributed by atoms with Crippen molar-refractivity contribution in [3.8, 4) is 11.5 Å². The van der Waals surface area contributed by atoms with E-state index >= 15 is 4.39 Å². The molecule has 2 atom stereocenters. The Morgan fingerprint density at radius 2 is 2.00 bits per heavy atom. The fourth-order valence-electron chi connectivity index (χ4n) is 5.55. The summed E-state index contributed by atoms with van der Waals surface area (Å²) in [6, 6.07) is 0.641. The van der Waals surface area contributed by atoms with E-state index in [1.807, 2.05) is 0 Å². The Labute approximate surface area is 226 Å². The first kappa shape index (κ1) is 27.9. The third-order valence-corrected chi connectivity index (χ3v) is 7.26. The zero-order valence-corrected chi connectivity index (χ0v) is 22.2. The molecular formula is C26H30F3N3O8. The Morgan fingerprint density at radius 3 is 2.62 bits per heavy atom. The summed E-state index contributed by atoms with van der Waals surface area (Å²) in [7, 11) is 0. The minimum absolute atomic E-state index is 0.0450. The summed E-state index contributed by atoms with van der Waals surface area (Å²) in [6.07, 6.45) is 0.587. The Kier molecular flexibility index (Phi) is 7.01. The van der Waals surface area contributed by atoms with Crippen molar-refractivity contribution in [2.24, 2.45) is 5.92 Å². The highest BCUT2D eigenvalue weighted by molar-refractivity contribution is 5.92. The van der Waals surface area contributed by atoms with Crippen molar-refractivity contribution < 1.29 is 46.8 Å². The van der Waals surface area contributed by atoms with Crippen LogP contribution in [0.2, 0.25) is 0 Å². The van der Waals surface area contributed by atoms with Gasteiger partial charge in [0.05, 0.1) is 23.6 Å². The first-order valence-corrected chi connectivity index (χ1v) is 12.9. The fourth-order valence-corrected chi connectivity index (χ4v) is 5.55. The number of halogens is 3.